The van der Waals surface area contributed by atoms with Gasteiger partial charge in [0.25, 0.3) is 5.91 Å². The number of aromatic nitrogens is 2. The second kappa shape index (κ2) is 6.50. The summed E-state index contributed by atoms with van der Waals surface area (Å²) in [6, 6.07) is 0.185. The van der Waals surface area contributed by atoms with Crippen molar-refractivity contribution in [2.45, 2.75) is 58.9 Å². The molecule has 0 aliphatic heterocycles. The lowest BCUT2D eigenvalue weighted by molar-refractivity contribution is -0.150. The van der Waals surface area contributed by atoms with Gasteiger partial charge in [0, 0.05) is 18.3 Å². The van der Waals surface area contributed by atoms with Gasteiger partial charge >= 0.3 is 5.97 Å². The van der Waals surface area contributed by atoms with Crippen LogP contribution in [0.2, 0.25) is 0 Å². The van der Waals surface area contributed by atoms with E-state index >= 15 is 0 Å². The highest BCUT2D eigenvalue weighted by Crippen LogP contribution is 2.36. The molecule has 0 aromatic carbocycles. The summed E-state index contributed by atoms with van der Waals surface area (Å²) in [6.45, 7) is 6.05. The zero-order chi connectivity index (χ0) is 16.3. The van der Waals surface area contributed by atoms with Gasteiger partial charge in [-0.2, -0.15) is 5.10 Å². The fraction of sp³-hybridized carbons (Fsp3) is 0.688. The third kappa shape index (κ3) is 3.15. The van der Waals surface area contributed by atoms with Gasteiger partial charge in [-0.25, -0.2) is 0 Å². The first kappa shape index (κ1) is 16.5. The molecule has 1 aliphatic rings. The Morgan fingerprint density at radius 2 is 2.00 bits per heavy atom. The predicted molar refractivity (Wildman–Crippen MR) is 82.8 cm³/mol. The van der Waals surface area contributed by atoms with Crippen LogP contribution in [0.1, 0.15) is 68.0 Å². The molecule has 1 amide bonds. The standard InChI is InChI=1S/C16H25N3O3/c1-11(2)19-12(3)13(9-18-19)14(20)17-10-16(15(21)22)7-5-4-6-8-16/h9,11H,4-8,10H2,1-3H3,(H,17,20)(H,21,22). The number of hydrogen-bond acceptors (Lipinski definition) is 3. The smallest absolute Gasteiger partial charge is 0.311 e. The quantitative estimate of drug-likeness (QED) is 0.875. The molecule has 1 heterocycles. The van der Waals surface area contributed by atoms with Gasteiger partial charge in [-0.1, -0.05) is 19.3 Å². The van der Waals surface area contributed by atoms with E-state index < -0.39 is 11.4 Å². The number of carboxylic acids is 1. The SMILES string of the molecule is Cc1c(C(=O)NCC2(C(=O)O)CCCCC2)cnn1C(C)C. The van der Waals surface area contributed by atoms with E-state index in [-0.39, 0.29) is 18.5 Å². The summed E-state index contributed by atoms with van der Waals surface area (Å²) in [5.74, 6) is -1.04. The average molecular weight is 307 g/mol. The lowest BCUT2D eigenvalue weighted by Gasteiger charge is -2.33. The number of aliphatic carboxylic acids is 1. The number of carbonyl (C=O) groups is 2. The fourth-order valence-corrected chi connectivity index (χ4v) is 3.21. The second-order valence-electron chi connectivity index (χ2n) is 6.51. The normalized spacial score (nSPS) is 17.5. The largest absolute Gasteiger partial charge is 0.481 e. The fourth-order valence-electron chi connectivity index (χ4n) is 3.21. The number of nitrogens with zero attached hydrogens (tertiary/aromatic N) is 2. The van der Waals surface area contributed by atoms with Gasteiger partial charge < -0.3 is 10.4 Å². The minimum atomic E-state index is -0.810. The number of nitrogens with one attached hydrogen (secondary N) is 1. The topological polar surface area (TPSA) is 84.2 Å². The molecule has 22 heavy (non-hydrogen) atoms. The zero-order valence-corrected chi connectivity index (χ0v) is 13.6. The third-order valence-corrected chi connectivity index (χ3v) is 4.63. The van der Waals surface area contributed by atoms with Crippen LogP contribution in [0.4, 0.5) is 0 Å². The molecule has 0 spiro atoms. The first-order valence-electron chi connectivity index (χ1n) is 7.93. The van der Waals surface area contributed by atoms with Gasteiger partial charge in [-0.05, 0) is 33.6 Å². The van der Waals surface area contributed by atoms with Crippen LogP contribution in [0.25, 0.3) is 0 Å². The molecule has 1 aliphatic carbocycles. The molecule has 1 saturated carbocycles. The molecule has 1 aromatic rings. The van der Waals surface area contributed by atoms with E-state index in [1.807, 2.05) is 20.8 Å². The molecule has 6 nitrogen and oxygen atoms in total. The van der Waals surface area contributed by atoms with Gasteiger partial charge in [-0.3, -0.25) is 14.3 Å². The van der Waals surface area contributed by atoms with Crippen molar-refractivity contribution in [1.29, 1.82) is 0 Å². The molecule has 6 heteroatoms. The van der Waals surface area contributed by atoms with E-state index in [2.05, 4.69) is 10.4 Å². The van der Waals surface area contributed by atoms with Crippen molar-refractivity contribution in [2.24, 2.45) is 5.41 Å². The van der Waals surface area contributed by atoms with Crippen molar-refractivity contribution in [2.75, 3.05) is 6.54 Å². The maximum Gasteiger partial charge on any atom is 0.311 e. The summed E-state index contributed by atoms with van der Waals surface area (Å²) in [7, 11) is 0. The van der Waals surface area contributed by atoms with Crippen LogP contribution in [-0.4, -0.2) is 33.3 Å². The Balaban J connectivity index is 2.07. The van der Waals surface area contributed by atoms with Crippen LogP contribution >= 0.6 is 0 Å². The van der Waals surface area contributed by atoms with Gasteiger partial charge in [0.2, 0.25) is 0 Å². The summed E-state index contributed by atoms with van der Waals surface area (Å²) >= 11 is 0. The van der Waals surface area contributed by atoms with E-state index in [1.165, 1.54) is 0 Å². The molecule has 1 fully saturated rings. The van der Waals surface area contributed by atoms with Crippen LogP contribution < -0.4 is 5.32 Å². The maximum atomic E-state index is 12.4. The highest BCUT2D eigenvalue weighted by atomic mass is 16.4. The molecule has 0 unspecified atom stereocenters. The molecule has 2 rings (SSSR count). The monoisotopic (exact) mass is 307 g/mol. The highest BCUT2D eigenvalue weighted by molar-refractivity contribution is 5.95. The number of carboxylic acid groups (broad SMARTS) is 1. The molecule has 0 radical (unpaired) electrons. The minimum Gasteiger partial charge on any atom is -0.481 e. The lowest BCUT2D eigenvalue weighted by atomic mass is 9.74. The molecule has 2 N–H and O–H groups in total. The first-order valence-corrected chi connectivity index (χ1v) is 7.93. The summed E-state index contributed by atoms with van der Waals surface area (Å²) in [5.41, 5.74) is 0.515. The van der Waals surface area contributed by atoms with Gasteiger partial charge in [0.15, 0.2) is 0 Å². The van der Waals surface area contributed by atoms with Crippen molar-refractivity contribution >= 4 is 11.9 Å². The first-order chi connectivity index (χ1) is 10.4. The highest BCUT2D eigenvalue weighted by Gasteiger charge is 2.40. The molecule has 0 bridgehead atoms. The van der Waals surface area contributed by atoms with Crippen molar-refractivity contribution in [1.82, 2.24) is 15.1 Å². The number of carbonyl (C=O) groups excluding carboxylic acids is 1. The molecule has 0 atom stereocenters. The Bertz CT molecular complexity index is 557. The number of rotatable bonds is 5. The van der Waals surface area contributed by atoms with Gasteiger partial charge in [0.1, 0.15) is 0 Å². The molecule has 122 valence electrons. The van der Waals surface area contributed by atoms with Crippen LogP contribution in [0, 0.1) is 12.3 Å². The molecule has 0 saturated heterocycles. The Morgan fingerprint density at radius 1 is 1.36 bits per heavy atom. The van der Waals surface area contributed by atoms with Crippen LogP contribution in [0.5, 0.6) is 0 Å². The average Bonchev–Trinajstić information content (AvgIpc) is 2.87. The van der Waals surface area contributed by atoms with E-state index in [1.54, 1.807) is 10.9 Å². The lowest BCUT2D eigenvalue weighted by Crippen LogP contribution is -2.44. The second-order valence-corrected chi connectivity index (χ2v) is 6.51. The maximum absolute atomic E-state index is 12.4. The van der Waals surface area contributed by atoms with Crippen molar-refractivity contribution in [3.63, 3.8) is 0 Å². The molecule has 1 aromatic heterocycles. The Kier molecular flexibility index (Phi) is 4.88. The van der Waals surface area contributed by atoms with E-state index in [9.17, 15) is 14.7 Å². The molecular weight excluding hydrogens is 282 g/mol. The summed E-state index contributed by atoms with van der Waals surface area (Å²) in [4.78, 5) is 24.0. The van der Waals surface area contributed by atoms with Gasteiger partial charge in [0.05, 0.1) is 17.2 Å². The molecular formula is C16H25N3O3. The van der Waals surface area contributed by atoms with Crippen LogP contribution in [0.15, 0.2) is 6.20 Å². The van der Waals surface area contributed by atoms with E-state index in [0.717, 1.165) is 25.0 Å². The Hall–Kier alpha value is -1.85. The summed E-state index contributed by atoms with van der Waals surface area (Å²) in [6.07, 6.45) is 5.71. The Morgan fingerprint density at radius 3 is 2.50 bits per heavy atom. The van der Waals surface area contributed by atoms with Crippen LogP contribution in [-0.2, 0) is 4.79 Å². The third-order valence-electron chi connectivity index (χ3n) is 4.63. The van der Waals surface area contributed by atoms with Crippen molar-refractivity contribution in [3.8, 4) is 0 Å². The zero-order valence-electron chi connectivity index (χ0n) is 13.6. The van der Waals surface area contributed by atoms with Crippen molar-refractivity contribution < 1.29 is 14.7 Å². The van der Waals surface area contributed by atoms with E-state index in [4.69, 9.17) is 0 Å². The summed E-state index contributed by atoms with van der Waals surface area (Å²) < 4.78 is 1.79. The number of amides is 1. The summed E-state index contributed by atoms with van der Waals surface area (Å²) in [5, 5.41) is 16.6. The predicted octanol–water partition coefficient (Wildman–Crippen LogP) is 2.54. The Labute approximate surface area is 130 Å². The van der Waals surface area contributed by atoms with Crippen molar-refractivity contribution in [3.05, 3.63) is 17.5 Å². The van der Waals surface area contributed by atoms with Gasteiger partial charge in [-0.15, -0.1) is 0 Å². The van der Waals surface area contributed by atoms with E-state index in [0.29, 0.717) is 18.4 Å². The van der Waals surface area contributed by atoms with Crippen LogP contribution in [0.3, 0.4) is 0 Å². The minimum absolute atomic E-state index is 0.185. The number of hydrogen-bond donors (Lipinski definition) is 2.